The molecule has 0 bridgehead atoms. The molecule has 1 atom stereocenters. The molecule has 1 N–H and O–H groups in total. The van der Waals surface area contributed by atoms with E-state index in [-0.39, 0.29) is 5.92 Å². The maximum absolute atomic E-state index is 12.2. The number of amides is 1. The molecule has 6 nitrogen and oxygen atoms in total. The Morgan fingerprint density at radius 2 is 1.92 bits per heavy atom. The minimum atomic E-state index is -0.732. The van der Waals surface area contributed by atoms with Crippen LogP contribution >= 0.6 is 11.3 Å². The molecular formula is C19H27NO5S. The average molecular weight is 381 g/mol. The lowest BCUT2D eigenvalue weighted by molar-refractivity contribution is -0.145. The molecule has 2 rings (SSSR count). The number of hydrogen-bond donors (Lipinski definition) is 1. The number of thiophene rings is 1. The summed E-state index contributed by atoms with van der Waals surface area (Å²) in [6.07, 6.45) is 5.98. The first-order chi connectivity index (χ1) is 12.4. The zero-order valence-corrected chi connectivity index (χ0v) is 16.4. The van der Waals surface area contributed by atoms with Crippen molar-refractivity contribution in [2.75, 3.05) is 13.7 Å². The lowest BCUT2D eigenvalue weighted by Gasteiger charge is -2.18. The molecule has 0 saturated heterocycles. The maximum atomic E-state index is 12.2. The van der Waals surface area contributed by atoms with Crippen molar-refractivity contribution in [1.29, 1.82) is 0 Å². The smallest absolute Gasteiger partial charge is 0.348 e. The van der Waals surface area contributed by atoms with Gasteiger partial charge >= 0.3 is 11.9 Å². The Bertz CT molecular complexity index is 629. The highest BCUT2D eigenvalue weighted by molar-refractivity contribution is 7.14. The van der Waals surface area contributed by atoms with Crippen LogP contribution in [-0.4, -0.2) is 37.6 Å². The fraction of sp³-hybridized carbons (Fsp3) is 0.632. The fourth-order valence-corrected chi connectivity index (χ4v) is 4.18. The van der Waals surface area contributed by atoms with Crippen LogP contribution in [0.5, 0.6) is 0 Å². The van der Waals surface area contributed by atoms with Gasteiger partial charge in [0.25, 0.3) is 5.91 Å². The highest BCUT2D eigenvalue weighted by atomic mass is 32.1. The molecule has 26 heavy (non-hydrogen) atoms. The van der Waals surface area contributed by atoms with Crippen molar-refractivity contribution in [3.8, 4) is 0 Å². The molecule has 144 valence electrons. The topological polar surface area (TPSA) is 81.7 Å². The minimum Gasteiger partial charge on any atom is -0.467 e. The highest BCUT2D eigenvalue weighted by Gasteiger charge is 2.24. The normalized spacial score (nSPS) is 14.9. The van der Waals surface area contributed by atoms with E-state index in [1.807, 2.05) is 19.9 Å². The molecule has 7 heteroatoms. The molecule has 0 saturated carbocycles. The second kappa shape index (κ2) is 9.71. The van der Waals surface area contributed by atoms with Gasteiger partial charge in [-0.2, -0.15) is 0 Å². The molecule has 1 amide bonds. The van der Waals surface area contributed by atoms with Gasteiger partial charge in [0.05, 0.1) is 7.11 Å². The summed E-state index contributed by atoms with van der Waals surface area (Å²) >= 11 is 1.46. The number of carbonyl (C=O) groups excluding carboxylic acids is 3. The number of esters is 2. The third-order valence-electron chi connectivity index (χ3n) is 4.31. The van der Waals surface area contributed by atoms with Gasteiger partial charge in [0.1, 0.15) is 10.9 Å². The van der Waals surface area contributed by atoms with Crippen molar-refractivity contribution < 1.29 is 23.9 Å². The van der Waals surface area contributed by atoms with Crippen LogP contribution in [-0.2, 0) is 31.9 Å². The average Bonchev–Trinajstić information content (AvgIpc) is 2.88. The summed E-state index contributed by atoms with van der Waals surface area (Å²) in [7, 11) is 1.28. The first kappa shape index (κ1) is 20.4. The molecule has 1 aromatic heterocycles. The quantitative estimate of drug-likeness (QED) is 0.580. The second-order valence-corrected chi connectivity index (χ2v) is 8.11. The lowest BCUT2D eigenvalue weighted by Crippen LogP contribution is -2.44. The Labute approximate surface area is 158 Å². The molecule has 0 radical (unpaired) electrons. The Balaban J connectivity index is 1.87. The van der Waals surface area contributed by atoms with Crippen molar-refractivity contribution in [2.24, 2.45) is 5.92 Å². The van der Waals surface area contributed by atoms with Crippen LogP contribution in [0.1, 0.15) is 59.6 Å². The van der Waals surface area contributed by atoms with Gasteiger partial charge in [-0.1, -0.05) is 20.3 Å². The van der Waals surface area contributed by atoms with Crippen LogP contribution in [0, 0.1) is 5.92 Å². The van der Waals surface area contributed by atoms with E-state index < -0.39 is 30.5 Å². The van der Waals surface area contributed by atoms with Gasteiger partial charge in [-0.25, -0.2) is 9.59 Å². The molecule has 0 fully saturated rings. The van der Waals surface area contributed by atoms with Gasteiger partial charge in [-0.3, -0.25) is 4.79 Å². The van der Waals surface area contributed by atoms with Crippen molar-refractivity contribution >= 4 is 29.2 Å². The van der Waals surface area contributed by atoms with Crippen molar-refractivity contribution in [3.05, 3.63) is 21.4 Å². The van der Waals surface area contributed by atoms with Gasteiger partial charge in [0.2, 0.25) is 0 Å². The number of nitrogens with one attached hydrogen (secondary N) is 1. The number of rotatable bonds is 7. The molecule has 0 aliphatic heterocycles. The summed E-state index contributed by atoms with van der Waals surface area (Å²) in [6.45, 7) is 3.48. The van der Waals surface area contributed by atoms with E-state index in [4.69, 9.17) is 9.47 Å². The predicted octanol–water partition coefficient (Wildman–Crippen LogP) is 2.88. The van der Waals surface area contributed by atoms with Crippen LogP contribution in [0.4, 0.5) is 0 Å². The Morgan fingerprint density at radius 1 is 1.19 bits per heavy atom. The fourth-order valence-electron chi connectivity index (χ4n) is 3.03. The number of ether oxygens (including phenoxy) is 2. The summed E-state index contributed by atoms with van der Waals surface area (Å²) in [6, 6.07) is 1.16. The monoisotopic (exact) mass is 381 g/mol. The third kappa shape index (κ3) is 5.83. The Morgan fingerprint density at radius 3 is 2.62 bits per heavy atom. The molecule has 0 aromatic carbocycles. The SMILES string of the molecule is COC(=O)[C@@H](CC(C)C)NC(=O)COC(=O)c1cc2c(s1)CCCCC2. The van der Waals surface area contributed by atoms with Crippen LogP contribution < -0.4 is 5.32 Å². The molecular weight excluding hydrogens is 354 g/mol. The number of aryl methyl sites for hydroxylation is 2. The van der Waals surface area contributed by atoms with Gasteiger partial charge in [-0.05, 0) is 49.7 Å². The summed E-state index contributed by atoms with van der Waals surface area (Å²) in [5.41, 5.74) is 1.23. The Hall–Kier alpha value is -1.89. The second-order valence-electron chi connectivity index (χ2n) is 6.97. The molecule has 0 unspecified atom stereocenters. The van der Waals surface area contributed by atoms with E-state index in [2.05, 4.69) is 5.32 Å². The number of carbonyl (C=O) groups is 3. The third-order valence-corrected chi connectivity index (χ3v) is 5.53. The predicted molar refractivity (Wildman–Crippen MR) is 99.3 cm³/mol. The summed E-state index contributed by atoms with van der Waals surface area (Å²) in [4.78, 5) is 37.8. The first-order valence-electron chi connectivity index (χ1n) is 9.06. The highest BCUT2D eigenvalue weighted by Crippen LogP contribution is 2.29. The van der Waals surface area contributed by atoms with Crippen molar-refractivity contribution in [3.63, 3.8) is 0 Å². The molecule has 1 aliphatic rings. The van der Waals surface area contributed by atoms with Gasteiger partial charge in [0.15, 0.2) is 6.61 Å². The van der Waals surface area contributed by atoms with E-state index in [1.165, 1.54) is 35.3 Å². The van der Waals surface area contributed by atoms with Crippen molar-refractivity contribution in [2.45, 2.75) is 58.4 Å². The van der Waals surface area contributed by atoms with E-state index in [0.29, 0.717) is 11.3 Å². The Kier molecular flexibility index (Phi) is 7.63. The van der Waals surface area contributed by atoms with E-state index in [0.717, 1.165) is 25.7 Å². The molecule has 0 spiro atoms. The number of fused-ring (bicyclic) bond motifs is 1. The zero-order chi connectivity index (χ0) is 19.1. The zero-order valence-electron chi connectivity index (χ0n) is 15.6. The molecule has 1 aromatic rings. The summed E-state index contributed by atoms with van der Waals surface area (Å²) < 4.78 is 9.83. The largest absolute Gasteiger partial charge is 0.467 e. The van der Waals surface area contributed by atoms with E-state index in [9.17, 15) is 14.4 Å². The van der Waals surface area contributed by atoms with Gasteiger partial charge in [-0.15, -0.1) is 11.3 Å². The minimum absolute atomic E-state index is 0.212. The summed E-state index contributed by atoms with van der Waals surface area (Å²) in [5, 5.41) is 2.58. The molecule has 1 heterocycles. The maximum Gasteiger partial charge on any atom is 0.348 e. The van der Waals surface area contributed by atoms with Crippen molar-refractivity contribution in [1.82, 2.24) is 5.32 Å². The first-order valence-corrected chi connectivity index (χ1v) is 9.88. The van der Waals surface area contributed by atoms with Crippen LogP contribution in [0.25, 0.3) is 0 Å². The summed E-state index contributed by atoms with van der Waals surface area (Å²) in [5.74, 6) is -1.28. The van der Waals surface area contributed by atoms with Gasteiger partial charge < -0.3 is 14.8 Å². The lowest BCUT2D eigenvalue weighted by atomic mass is 10.0. The molecule has 1 aliphatic carbocycles. The number of hydrogen-bond acceptors (Lipinski definition) is 6. The van der Waals surface area contributed by atoms with E-state index >= 15 is 0 Å². The number of methoxy groups -OCH3 is 1. The van der Waals surface area contributed by atoms with Gasteiger partial charge in [0, 0.05) is 4.88 Å². The van der Waals surface area contributed by atoms with E-state index in [1.54, 1.807) is 0 Å². The standard InChI is InChI=1S/C19H27NO5S/c1-12(2)9-14(18(22)24-3)20-17(21)11-25-19(23)16-10-13-7-5-4-6-8-15(13)26-16/h10,12,14H,4-9,11H2,1-3H3,(H,20,21)/t14-/m1/s1. The van der Waals surface area contributed by atoms with Crippen LogP contribution in [0.2, 0.25) is 0 Å². The van der Waals surface area contributed by atoms with Crippen LogP contribution in [0.3, 0.4) is 0 Å². The van der Waals surface area contributed by atoms with Crippen LogP contribution in [0.15, 0.2) is 6.07 Å².